The molecule has 0 saturated heterocycles. The number of nitrogens with zero attached hydrogens (tertiary/aromatic N) is 2. The van der Waals surface area contributed by atoms with Gasteiger partial charge in [-0.3, -0.25) is 9.89 Å². The zero-order chi connectivity index (χ0) is 13.8. The third-order valence-corrected chi connectivity index (χ3v) is 2.37. The minimum atomic E-state index is -0.538. The van der Waals surface area contributed by atoms with E-state index in [0.717, 1.165) is 0 Å². The molecule has 3 N–H and O–H groups in total. The molecule has 2 heterocycles. The number of hydrogen-bond donors (Lipinski definition) is 3. The molecule has 8 heteroatoms. The van der Waals surface area contributed by atoms with Gasteiger partial charge in [0.2, 0.25) is 0 Å². The zero-order valence-corrected chi connectivity index (χ0v) is 10.5. The number of aryl methyl sites for hydroxylation is 1. The van der Waals surface area contributed by atoms with Crippen LogP contribution in [0.4, 0.5) is 5.82 Å². The van der Waals surface area contributed by atoms with Gasteiger partial charge < -0.3 is 15.0 Å². The van der Waals surface area contributed by atoms with E-state index < -0.39 is 11.9 Å². The van der Waals surface area contributed by atoms with E-state index in [-0.39, 0.29) is 23.8 Å². The van der Waals surface area contributed by atoms with Crippen LogP contribution in [0.3, 0.4) is 0 Å². The highest BCUT2D eigenvalue weighted by molar-refractivity contribution is 6.05. The van der Waals surface area contributed by atoms with Crippen molar-refractivity contribution in [1.29, 1.82) is 0 Å². The van der Waals surface area contributed by atoms with Crippen molar-refractivity contribution in [3.63, 3.8) is 0 Å². The number of carbonyl (C=O) groups excluding carboxylic acids is 2. The van der Waals surface area contributed by atoms with E-state index in [2.05, 4.69) is 25.5 Å². The maximum Gasteiger partial charge on any atom is 0.343 e. The zero-order valence-electron chi connectivity index (χ0n) is 10.5. The van der Waals surface area contributed by atoms with Gasteiger partial charge in [-0.15, -0.1) is 0 Å². The molecule has 0 bridgehead atoms. The van der Waals surface area contributed by atoms with Gasteiger partial charge in [0, 0.05) is 18.1 Å². The minimum Gasteiger partial charge on any atom is -0.462 e. The fourth-order valence-electron chi connectivity index (χ4n) is 1.53. The molecule has 0 atom stereocenters. The van der Waals surface area contributed by atoms with E-state index in [1.54, 1.807) is 13.8 Å². The van der Waals surface area contributed by atoms with Crippen LogP contribution >= 0.6 is 0 Å². The summed E-state index contributed by atoms with van der Waals surface area (Å²) >= 11 is 0. The predicted octanol–water partition coefficient (Wildman–Crippen LogP) is 0.870. The van der Waals surface area contributed by atoms with Crippen LogP contribution in [0.5, 0.6) is 0 Å². The highest BCUT2D eigenvalue weighted by Gasteiger charge is 2.21. The Bertz CT molecular complexity index is 588. The number of aromatic nitrogens is 4. The Morgan fingerprint density at radius 1 is 1.47 bits per heavy atom. The summed E-state index contributed by atoms with van der Waals surface area (Å²) in [6, 6.07) is 0. The molecule has 0 aromatic carbocycles. The summed E-state index contributed by atoms with van der Waals surface area (Å²) in [6.07, 6.45) is 2.98. The third-order valence-electron chi connectivity index (χ3n) is 2.37. The summed E-state index contributed by atoms with van der Waals surface area (Å²) in [4.78, 5) is 30.0. The molecule has 0 aliphatic carbocycles. The van der Waals surface area contributed by atoms with Gasteiger partial charge in [0.05, 0.1) is 6.61 Å². The van der Waals surface area contributed by atoms with Gasteiger partial charge in [-0.1, -0.05) is 0 Å². The quantitative estimate of drug-likeness (QED) is 0.708. The Kier molecular flexibility index (Phi) is 3.60. The molecule has 0 aliphatic rings. The van der Waals surface area contributed by atoms with Crippen LogP contribution in [-0.4, -0.2) is 38.6 Å². The summed E-state index contributed by atoms with van der Waals surface area (Å²) in [7, 11) is 0. The van der Waals surface area contributed by atoms with Crippen LogP contribution in [0.15, 0.2) is 12.4 Å². The Labute approximate surface area is 108 Å². The number of ether oxygens (including phenoxy) is 1. The highest BCUT2D eigenvalue weighted by atomic mass is 16.5. The summed E-state index contributed by atoms with van der Waals surface area (Å²) in [5.41, 5.74) is 0.731. The van der Waals surface area contributed by atoms with Crippen molar-refractivity contribution in [2.24, 2.45) is 0 Å². The molecule has 0 spiro atoms. The van der Waals surface area contributed by atoms with E-state index in [1.165, 1.54) is 12.4 Å². The van der Waals surface area contributed by atoms with Gasteiger partial charge in [-0.25, -0.2) is 9.78 Å². The highest BCUT2D eigenvalue weighted by Crippen LogP contribution is 2.17. The first-order valence-electron chi connectivity index (χ1n) is 5.66. The normalized spacial score (nSPS) is 10.2. The standard InChI is InChI=1S/C11H13N5O3/c1-3-19-11(18)7-6(2)15-16-8(7)14-10(17)9-12-4-5-13-9/h4-5H,3H2,1-2H3,(H,12,13)(H2,14,15,16,17). The number of H-pyrrole nitrogens is 2. The molecular weight excluding hydrogens is 250 g/mol. The Hall–Kier alpha value is -2.64. The molecule has 19 heavy (non-hydrogen) atoms. The Balaban J connectivity index is 2.21. The maximum absolute atomic E-state index is 11.8. The Morgan fingerprint density at radius 2 is 2.26 bits per heavy atom. The van der Waals surface area contributed by atoms with Crippen LogP contribution < -0.4 is 5.32 Å². The van der Waals surface area contributed by atoms with Crippen LogP contribution in [0.25, 0.3) is 0 Å². The summed E-state index contributed by atoms with van der Waals surface area (Å²) in [5, 5.41) is 9.00. The second-order valence-electron chi connectivity index (χ2n) is 3.68. The molecule has 1 amide bonds. The van der Waals surface area contributed by atoms with Crippen molar-refractivity contribution in [1.82, 2.24) is 20.2 Å². The molecule has 0 saturated carbocycles. The van der Waals surface area contributed by atoms with Crippen LogP contribution in [0.1, 0.15) is 33.6 Å². The van der Waals surface area contributed by atoms with Gasteiger partial charge in [-0.2, -0.15) is 5.10 Å². The topological polar surface area (TPSA) is 113 Å². The van der Waals surface area contributed by atoms with Crippen molar-refractivity contribution in [3.05, 3.63) is 29.5 Å². The first-order valence-corrected chi connectivity index (χ1v) is 5.66. The molecule has 0 unspecified atom stereocenters. The van der Waals surface area contributed by atoms with E-state index in [1.807, 2.05) is 0 Å². The molecule has 0 fully saturated rings. The summed E-state index contributed by atoms with van der Waals surface area (Å²) in [6.45, 7) is 3.62. The Morgan fingerprint density at radius 3 is 2.89 bits per heavy atom. The van der Waals surface area contributed by atoms with Crippen LogP contribution in [0.2, 0.25) is 0 Å². The lowest BCUT2D eigenvalue weighted by Gasteiger charge is -2.04. The van der Waals surface area contributed by atoms with Crippen molar-refractivity contribution in [3.8, 4) is 0 Å². The maximum atomic E-state index is 11.8. The average Bonchev–Trinajstić information content (AvgIpc) is 2.99. The van der Waals surface area contributed by atoms with E-state index >= 15 is 0 Å². The van der Waals surface area contributed by atoms with Gasteiger partial charge in [0.25, 0.3) is 5.91 Å². The third kappa shape index (κ3) is 2.62. The lowest BCUT2D eigenvalue weighted by Crippen LogP contribution is -2.17. The smallest absolute Gasteiger partial charge is 0.343 e. The average molecular weight is 263 g/mol. The van der Waals surface area contributed by atoms with Crippen molar-refractivity contribution in [2.45, 2.75) is 13.8 Å². The molecule has 0 radical (unpaired) electrons. The number of hydrogen-bond acceptors (Lipinski definition) is 5. The van der Waals surface area contributed by atoms with Crippen molar-refractivity contribution >= 4 is 17.7 Å². The number of esters is 1. The van der Waals surface area contributed by atoms with Crippen molar-refractivity contribution < 1.29 is 14.3 Å². The number of rotatable bonds is 4. The number of anilines is 1. The first-order chi connectivity index (χ1) is 9.13. The van der Waals surface area contributed by atoms with E-state index in [9.17, 15) is 9.59 Å². The molecule has 100 valence electrons. The van der Waals surface area contributed by atoms with E-state index in [0.29, 0.717) is 5.69 Å². The van der Waals surface area contributed by atoms with E-state index in [4.69, 9.17) is 4.74 Å². The first kappa shape index (κ1) is 12.8. The SMILES string of the molecule is CCOC(=O)c1c(NC(=O)c2ncc[nH]2)n[nH]c1C. The second kappa shape index (κ2) is 5.34. The number of amides is 1. The molecule has 0 aliphatic heterocycles. The number of aromatic amines is 2. The minimum absolute atomic E-state index is 0.123. The molecule has 2 aromatic heterocycles. The van der Waals surface area contributed by atoms with Crippen LogP contribution in [-0.2, 0) is 4.74 Å². The van der Waals surface area contributed by atoms with Gasteiger partial charge in [0.15, 0.2) is 11.6 Å². The molecular formula is C11H13N5O3. The predicted molar refractivity (Wildman–Crippen MR) is 65.8 cm³/mol. The molecule has 2 rings (SSSR count). The monoisotopic (exact) mass is 263 g/mol. The van der Waals surface area contributed by atoms with Gasteiger partial charge in [-0.05, 0) is 13.8 Å². The summed E-state index contributed by atoms with van der Waals surface area (Å²) in [5.74, 6) is -0.765. The number of carbonyl (C=O) groups is 2. The summed E-state index contributed by atoms with van der Waals surface area (Å²) < 4.78 is 4.91. The fraction of sp³-hybridized carbons (Fsp3) is 0.273. The molecule has 8 nitrogen and oxygen atoms in total. The number of imidazole rings is 1. The van der Waals surface area contributed by atoms with Crippen molar-refractivity contribution in [2.75, 3.05) is 11.9 Å². The largest absolute Gasteiger partial charge is 0.462 e. The molecule has 2 aromatic rings. The number of nitrogens with one attached hydrogen (secondary N) is 3. The van der Waals surface area contributed by atoms with Crippen LogP contribution in [0, 0.1) is 6.92 Å². The lowest BCUT2D eigenvalue weighted by atomic mass is 10.2. The van der Waals surface area contributed by atoms with Gasteiger partial charge in [0.1, 0.15) is 5.56 Å². The fourth-order valence-corrected chi connectivity index (χ4v) is 1.53. The van der Waals surface area contributed by atoms with Gasteiger partial charge >= 0.3 is 5.97 Å². The second-order valence-corrected chi connectivity index (χ2v) is 3.68. The lowest BCUT2D eigenvalue weighted by molar-refractivity contribution is 0.0527.